The number of nitrogens with zero attached hydrogens (tertiary/aromatic N) is 2. The first-order valence-electron chi connectivity index (χ1n) is 6.55. The second kappa shape index (κ2) is 3.93. The van der Waals surface area contributed by atoms with Crippen LogP contribution in [0.3, 0.4) is 0 Å². The highest BCUT2D eigenvalue weighted by molar-refractivity contribution is 6.31. The van der Waals surface area contributed by atoms with E-state index in [1.54, 1.807) is 12.1 Å². The van der Waals surface area contributed by atoms with Gasteiger partial charge in [-0.2, -0.15) is 0 Å². The number of fused-ring (bicyclic) bond motifs is 1. The highest BCUT2D eigenvalue weighted by atomic mass is 16.2. The summed E-state index contributed by atoms with van der Waals surface area (Å²) in [5.74, 6) is -0.259. The van der Waals surface area contributed by atoms with Crippen molar-refractivity contribution in [3.8, 4) is 0 Å². The normalized spacial score (nSPS) is 24.0. The lowest BCUT2D eigenvalue weighted by Gasteiger charge is -2.19. The van der Waals surface area contributed by atoms with Gasteiger partial charge in [-0.3, -0.25) is 9.59 Å². The van der Waals surface area contributed by atoms with E-state index in [1.807, 2.05) is 53.4 Å². The van der Waals surface area contributed by atoms with Gasteiger partial charge in [0, 0.05) is 5.69 Å². The van der Waals surface area contributed by atoms with E-state index in [9.17, 15) is 9.59 Å². The van der Waals surface area contributed by atoms with Gasteiger partial charge in [-0.15, -0.1) is 0 Å². The molecule has 0 bridgehead atoms. The molecule has 2 aromatic carbocycles. The quantitative estimate of drug-likeness (QED) is 0.613. The minimum Gasteiger partial charge on any atom is -0.343 e. The second-order valence-corrected chi connectivity index (χ2v) is 4.98. The molecule has 0 saturated carbocycles. The Kier molecular flexibility index (Phi) is 2.21. The van der Waals surface area contributed by atoms with Crippen molar-refractivity contribution in [1.29, 1.82) is 0 Å². The second-order valence-electron chi connectivity index (χ2n) is 4.98. The Labute approximate surface area is 116 Å². The number of carbonyl (C=O) groups is 2. The zero-order chi connectivity index (χ0) is 13.7. The van der Waals surface area contributed by atoms with E-state index in [0.29, 0.717) is 5.69 Å². The number of benzene rings is 2. The molecule has 4 heteroatoms. The van der Waals surface area contributed by atoms with Gasteiger partial charge in [0.25, 0.3) is 11.8 Å². The van der Waals surface area contributed by atoms with Crippen LogP contribution in [-0.2, 0) is 9.59 Å². The molecule has 2 saturated heterocycles. The standard InChI is InChI=1S/C16H12N2O2/c19-15-13-14(17(13)11-7-3-1-4-8-11)16(20)18(15)12-9-5-2-6-10-12/h1-10,13-14H. The monoisotopic (exact) mass is 264 g/mol. The SMILES string of the molecule is O=C1C2C(C(=O)N1c1ccccc1)N2c1ccccc1. The molecule has 0 aromatic heterocycles. The van der Waals surface area contributed by atoms with Gasteiger partial charge in [-0.1, -0.05) is 36.4 Å². The summed E-state index contributed by atoms with van der Waals surface area (Å²) in [5.41, 5.74) is 1.58. The van der Waals surface area contributed by atoms with Crippen molar-refractivity contribution < 1.29 is 9.59 Å². The van der Waals surface area contributed by atoms with Crippen LogP contribution in [0.1, 0.15) is 0 Å². The third-order valence-electron chi connectivity index (χ3n) is 3.82. The van der Waals surface area contributed by atoms with E-state index >= 15 is 0 Å². The predicted molar refractivity (Wildman–Crippen MR) is 75.4 cm³/mol. The molecule has 98 valence electrons. The van der Waals surface area contributed by atoms with Gasteiger partial charge in [0.1, 0.15) is 12.1 Å². The molecular weight excluding hydrogens is 252 g/mol. The number of rotatable bonds is 2. The maximum Gasteiger partial charge on any atom is 0.259 e. The number of piperazine rings is 1. The number of anilines is 2. The van der Waals surface area contributed by atoms with Crippen LogP contribution in [0.2, 0.25) is 0 Å². The van der Waals surface area contributed by atoms with Crippen molar-refractivity contribution in [3.05, 3.63) is 60.7 Å². The van der Waals surface area contributed by atoms with Gasteiger partial charge in [-0.25, -0.2) is 4.90 Å². The van der Waals surface area contributed by atoms with Gasteiger partial charge in [0.2, 0.25) is 0 Å². The Morgan fingerprint density at radius 1 is 0.650 bits per heavy atom. The summed E-state index contributed by atoms with van der Waals surface area (Å²) in [5, 5.41) is 0. The minimum absolute atomic E-state index is 0.130. The summed E-state index contributed by atoms with van der Waals surface area (Å²) in [7, 11) is 0. The summed E-state index contributed by atoms with van der Waals surface area (Å²) in [6.45, 7) is 0. The Morgan fingerprint density at radius 3 is 1.60 bits per heavy atom. The number of hydrogen-bond acceptors (Lipinski definition) is 3. The summed E-state index contributed by atoms with van der Waals surface area (Å²) < 4.78 is 0. The summed E-state index contributed by atoms with van der Waals surface area (Å²) in [6, 6.07) is 18.0. The van der Waals surface area contributed by atoms with Crippen molar-refractivity contribution in [2.45, 2.75) is 12.1 Å². The zero-order valence-electron chi connectivity index (χ0n) is 10.6. The Balaban J connectivity index is 1.64. The van der Waals surface area contributed by atoms with Crippen molar-refractivity contribution in [2.75, 3.05) is 9.80 Å². The maximum atomic E-state index is 12.4. The summed E-state index contributed by atoms with van der Waals surface area (Å²) in [6.07, 6.45) is 0. The third kappa shape index (κ3) is 1.42. The molecule has 2 atom stereocenters. The van der Waals surface area contributed by atoms with Crippen LogP contribution >= 0.6 is 0 Å². The molecule has 2 unspecified atom stereocenters. The lowest BCUT2D eigenvalue weighted by atomic mass is 10.3. The number of carbonyl (C=O) groups excluding carboxylic acids is 2. The topological polar surface area (TPSA) is 40.4 Å². The fourth-order valence-corrected chi connectivity index (χ4v) is 2.87. The number of hydrogen-bond donors (Lipinski definition) is 0. The lowest BCUT2D eigenvalue weighted by molar-refractivity contribution is -0.122. The van der Waals surface area contributed by atoms with Crippen LogP contribution in [0.4, 0.5) is 11.4 Å². The molecule has 2 aromatic rings. The fraction of sp³-hybridized carbons (Fsp3) is 0.125. The molecule has 0 aliphatic carbocycles. The maximum absolute atomic E-state index is 12.4. The Hall–Kier alpha value is -2.62. The van der Waals surface area contributed by atoms with E-state index in [1.165, 1.54) is 4.90 Å². The van der Waals surface area contributed by atoms with Crippen molar-refractivity contribution in [1.82, 2.24) is 0 Å². The zero-order valence-corrected chi connectivity index (χ0v) is 10.6. The molecule has 2 aliphatic rings. The highest BCUT2D eigenvalue weighted by Crippen LogP contribution is 2.43. The smallest absolute Gasteiger partial charge is 0.259 e. The Bertz CT molecular complexity index is 662. The minimum atomic E-state index is -0.329. The lowest BCUT2D eigenvalue weighted by Crippen LogP contribution is -2.38. The predicted octanol–water partition coefficient (Wildman–Crippen LogP) is 1.82. The van der Waals surface area contributed by atoms with Crippen LogP contribution < -0.4 is 9.80 Å². The molecule has 2 fully saturated rings. The van der Waals surface area contributed by atoms with Crippen molar-refractivity contribution in [2.24, 2.45) is 0 Å². The molecule has 4 nitrogen and oxygen atoms in total. The molecule has 0 radical (unpaired) electrons. The van der Waals surface area contributed by atoms with E-state index in [2.05, 4.69) is 0 Å². The highest BCUT2D eigenvalue weighted by Gasteiger charge is 2.66. The fourth-order valence-electron chi connectivity index (χ4n) is 2.87. The average Bonchev–Trinajstić information content (AvgIpc) is 3.19. The van der Waals surface area contributed by atoms with Crippen molar-refractivity contribution >= 4 is 23.2 Å². The van der Waals surface area contributed by atoms with Crippen LogP contribution in [-0.4, -0.2) is 23.9 Å². The van der Waals surface area contributed by atoms with E-state index in [-0.39, 0.29) is 23.9 Å². The number of amides is 2. The van der Waals surface area contributed by atoms with Crippen LogP contribution in [0, 0.1) is 0 Å². The van der Waals surface area contributed by atoms with Crippen molar-refractivity contribution in [3.63, 3.8) is 0 Å². The summed E-state index contributed by atoms with van der Waals surface area (Å²) >= 11 is 0. The van der Waals surface area contributed by atoms with Gasteiger partial charge in [0.05, 0.1) is 5.69 Å². The summed E-state index contributed by atoms with van der Waals surface area (Å²) in [4.78, 5) is 28.0. The first-order valence-corrected chi connectivity index (χ1v) is 6.55. The van der Waals surface area contributed by atoms with Crippen LogP contribution in [0.5, 0.6) is 0 Å². The number of para-hydroxylation sites is 2. The molecule has 2 amide bonds. The van der Waals surface area contributed by atoms with E-state index in [4.69, 9.17) is 0 Å². The Morgan fingerprint density at radius 2 is 1.10 bits per heavy atom. The van der Waals surface area contributed by atoms with Crippen LogP contribution in [0.25, 0.3) is 0 Å². The van der Waals surface area contributed by atoms with Gasteiger partial charge >= 0.3 is 0 Å². The molecule has 20 heavy (non-hydrogen) atoms. The van der Waals surface area contributed by atoms with E-state index < -0.39 is 0 Å². The van der Waals surface area contributed by atoms with Gasteiger partial charge in [-0.05, 0) is 24.3 Å². The molecule has 2 aliphatic heterocycles. The largest absolute Gasteiger partial charge is 0.343 e. The van der Waals surface area contributed by atoms with E-state index in [0.717, 1.165) is 5.69 Å². The first kappa shape index (κ1) is 11.2. The van der Waals surface area contributed by atoms with Crippen LogP contribution in [0.15, 0.2) is 60.7 Å². The molecule has 0 N–H and O–H groups in total. The van der Waals surface area contributed by atoms with Gasteiger partial charge < -0.3 is 4.90 Å². The van der Waals surface area contributed by atoms with Gasteiger partial charge in [0.15, 0.2) is 0 Å². The third-order valence-corrected chi connectivity index (χ3v) is 3.82. The molecule has 2 heterocycles. The first-order chi connectivity index (χ1) is 9.79. The average molecular weight is 264 g/mol. The molecule has 4 rings (SSSR count). The molecular formula is C16H12N2O2. The molecule has 0 spiro atoms. The number of imide groups is 1.